The highest BCUT2D eigenvalue weighted by atomic mass is 79.9. The third-order valence-electron chi connectivity index (χ3n) is 4.46. The van der Waals surface area contributed by atoms with Gasteiger partial charge in [-0.25, -0.2) is 0 Å². The minimum Gasteiger partial charge on any atom is -0.327 e. The molecule has 1 aliphatic rings. The van der Waals surface area contributed by atoms with Crippen LogP contribution in [0.15, 0.2) is 4.47 Å². The Morgan fingerprint density at radius 1 is 1.42 bits per heavy atom. The predicted octanol–water partition coefficient (Wildman–Crippen LogP) is 3.53. The van der Waals surface area contributed by atoms with Crippen molar-refractivity contribution in [1.29, 1.82) is 0 Å². The van der Waals surface area contributed by atoms with E-state index in [2.05, 4.69) is 46.5 Å². The van der Waals surface area contributed by atoms with Gasteiger partial charge in [-0.2, -0.15) is 5.10 Å². The van der Waals surface area contributed by atoms with Gasteiger partial charge in [0.2, 0.25) is 0 Å². The molecule has 3 nitrogen and oxygen atoms in total. The molecule has 19 heavy (non-hydrogen) atoms. The number of rotatable bonds is 5. The summed E-state index contributed by atoms with van der Waals surface area (Å²) in [6, 6.07) is 0.271. The molecule has 1 saturated carbocycles. The minimum absolute atomic E-state index is 0.271. The molecule has 2 rings (SSSR count). The second kappa shape index (κ2) is 6.40. The van der Waals surface area contributed by atoms with Crippen molar-refractivity contribution in [3.8, 4) is 0 Å². The fourth-order valence-corrected chi connectivity index (χ4v) is 3.97. The summed E-state index contributed by atoms with van der Waals surface area (Å²) in [6.45, 7) is 7.55. The van der Waals surface area contributed by atoms with Gasteiger partial charge in [-0.15, -0.1) is 0 Å². The molecule has 2 N–H and O–H groups in total. The van der Waals surface area contributed by atoms with Crippen molar-refractivity contribution in [3.63, 3.8) is 0 Å². The van der Waals surface area contributed by atoms with Crippen LogP contribution in [0.4, 0.5) is 0 Å². The smallest absolute Gasteiger partial charge is 0.0766 e. The van der Waals surface area contributed by atoms with Crippen LogP contribution in [-0.4, -0.2) is 15.8 Å². The summed E-state index contributed by atoms with van der Waals surface area (Å²) in [7, 11) is 0. The van der Waals surface area contributed by atoms with E-state index >= 15 is 0 Å². The lowest BCUT2D eigenvalue weighted by molar-refractivity contribution is 0.405. The highest BCUT2D eigenvalue weighted by molar-refractivity contribution is 9.10. The monoisotopic (exact) mass is 327 g/mol. The predicted molar refractivity (Wildman–Crippen MR) is 83.2 cm³/mol. The van der Waals surface area contributed by atoms with Crippen molar-refractivity contribution >= 4 is 15.9 Å². The van der Waals surface area contributed by atoms with Gasteiger partial charge >= 0.3 is 0 Å². The Morgan fingerprint density at radius 2 is 2.16 bits per heavy atom. The van der Waals surface area contributed by atoms with E-state index in [0.717, 1.165) is 31.0 Å². The molecule has 1 aromatic heterocycles. The van der Waals surface area contributed by atoms with Gasteiger partial charge in [0.1, 0.15) is 0 Å². The van der Waals surface area contributed by atoms with Crippen LogP contribution >= 0.6 is 15.9 Å². The van der Waals surface area contributed by atoms with E-state index in [4.69, 9.17) is 5.73 Å². The molecule has 0 bridgehead atoms. The second-order valence-corrected chi connectivity index (χ2v) is 6.72. The van der Waals surface area contributed by atoms with Gasteiger partial charge in [-0.1, -0.05) is 20.3 Å². The Hall–Kier alpha value is -0.350. The van der Waals surface area contributed by atoms with Crippen molar-refractivity contribution in [2.75, 3.05) is 0 Å². The molecule has 1 heterocycles. The number of halogens is 1. The number of hydrogen-bond acceptors (Lipinski definition) is 2. The van der Waals surface area contributed by atoms with Crippen molar-refractivity contribution in [1.82, 2.24) is 9.78 Å². The van der Waals surface area contributed by atoms with Crippen LogP contribution in [0.5, 0.6) is 0 Å². The summed E-state index contributed by atoms with van der Waals surface area (Å²) in [6.07, 6.45) is 5.84. The number of hydrogen-bond donors (Lipinski definition) is 1. The second-order valence-electron chi connectivity index (χ2n) is 5.92. The van der Waals surface area contributed by atoms with Gasteiger partial charge in [-0.3, -0.25) is 4.68 Å². The van der Waals surface area contributed by atoms with Crippen molar-refractivity contribution in [3.05, 3.63) is 15.9 Å². The summed E-state index contributed by atoms with van der Waals surface area (Å²) in [4.78, 5) is 0. The summed E-state index contributed by atoms with van der Waals surface area (Å²) >= 11 is 3.71. The maximum atomic E-state index is 6.45. The summed E-state index contributed by atoms with van der Waals surface area (Å²) in [5, 5.41) is 4.66. The summed E-state index contributed by atoms with van der Waals surface area (Å²) in [5.41, 5.74) is 8.89. The normalized spacial score (nSPS) is 24.9. The van der Waals surface area contributed by atoms with Crippen LogP contribution in [0.1, 0.15) is 51.4 Å². The van der Waals surface area contributed by atoms with Gasteiger partial charge in [0, 0.05) is 19.0 Å². The lowest BCUT2D eigenvalue weighted by Crippen LogP contribution is -2.32. The first-order valence-corrected chi connectivity index (χ1v) is 8.35. The minimum atomic E-state index is 0.271. The maximum absolute atomic E-state index is 6.45. The Kier molecular flexibility index (Phi) is 5.07. The summed E-state index contributed by atoms with van der Waals surface area (Å²) < 4.78 is 3.29. The highest BCUT2D eigenvalue weighted by Crippen LogP contribution is 2.34. The van der Waals surface area contributed by atoms with Crippen LogP contribution in [0.25, 0.3) is 0 Å². The van der Waals surface area contributed by atoms with E-state index in [9.17, 15) is 0 Å². The van der Waals surface area contributed by atoms with E-state index in [0.29, 0.717) is 5.92 Å². The Labute approximate surface area is 125 Å². The SMILES string of the molecule is CCc1nn(CC)c(CC(N)C2CCC(C)C2)c1Br. The molecular formula is C15H26BrN3. The quantitative estimate of drug-likeness (QED) is 0.898. The molecule has 0 spiro atoms. The van der Waals surface area contributed by atoms with Crippen molar-refractivity contribution < 1.29 is 0 Å². The molecule has 0 aliphatic heterocycles. The van der Waals surface area contributed by atoms with Gasteiger partial charge in [-0.05, 0) is 54.0 Å². The molecule has 4 heteroatoms. The largest absolute Gasteiger partial charge is 0.327 e. The molecule has 0 aromatic carbocycles. The molecule has 0 amide bonds. The molecule has 0 saturated heterocycles. The molecule has 3 atom stereocenters. The van der Waals surface area contributed by atoms with Gasteiger partial charge in [0.05, 0.1) is 15.9 Å². The van der Waals surface area contributed by atoms with Gasteiger partial charge in [0.25, 0.3) is 0 Å². The fourth-order valence-electron chi connectivity index (χ4n) is 3.24. The average molecular weight is 328 g/mol. The molecular weight excluding hydrogens is 302 g/mol. The first kappa shape index (κ1) is 15.0. The standard InChI is InChI=1S/C15H26BrN3/c1-4-13-15(16)14(19(5-2)18-13)9-12(17)11-7-6-10(3)8-11/h10-12H,4-9,17H2,1-3H3. The van der Waals surface area contributed by atoms with Gasteiger partial charge < -0.3 is 5.73 Å². The lowest BCUT2D eigenvalue weighted by atomic mass is 9.94. The number of aromatic nitrogens is 2. The Balaban J connectivity index is 2.11. The number of nitrogens with two attached hydrogens (primary N) is 1. The third kappa shape index (κ3) is 3.22. The lowest BCUT2D eigenvalue weighted by Gasteiger charge is -2.19. The zero-order valence-electron chi connectivity index (χ0n) is 12.3. The van der Waals surface area contributed by atoms with E-state index in [-0.39, 0.29) is 6.04 Å². The van der Waals surface area contributed by atoms with Crippen LogP contribution in [0, 0.1) is 11.8 Å². The average Bonchev–Trinajstić information content (AvgIpc) is 2.95. The molecule has 3 unspecified atom stereocenters. The third-order valence-corrected chi connectivity index (χ3v) is 5.38. The first-order valence-electron chi connectivity index (χ1n) is 7.56. The highest BCUT2D eigenvalue weighted by Gasteiger charge is 2.28. The van der Waals surface area contributed by atoms with Crippen molar-refractivity contribution in [2.45, 2.75) is 65.5 Å². The first-order chi connectivity index (χ1) is 9.06. The van der Waals surface area contributed by atoms with Crippen molar-refractivity contribution in [2.24, 2.45) is 17.6 Å². The van der Waals surface area contributed by atoms with Crippen LogP contribution in [0.2, 0.25) is 0 Å². The van der Waals surface area contributed by atoms with E-state index in [1.165, 1.54) is 29.4 Å². The van der Waals surface area contributed by atoms with E-state index < -0.39 is 0 Å². The molecule has 108 valence electrons. The Bertz CT molecular complexity index is 427. The molecule has 1 fully saturated rings. The molecule has 1 aliphatic carbocycles. The zero-order valence-corrected chi connectivity index (χ0v) is 13.9. The maximum Gasteiger partial charge on any atom is 0.0766 e. The Morgan fingerprint density at radius 3 is 2.68 bits per heavy atom. The fraction of sp³-hybridized carbons (Fsp3) is 0.800. The number of aryl methyl sites for hydroxylation is 2. The number of nitrogens with zero attached hydrogens (tertiary/aromatic N) is 2. The molecule has 1 aromatic rings. The molecule has 0 radical (unpaired) electrons. The van der Waals surface area contributed by atoms with E-state index in [1.54, 1.807) is 0 Å². The van der Waals surface area contributed by atoms with Crippen LogP contribution in [-0.2, 0) is 19.4 Å². The van der Waals surface area contributed by atoms with Gasteiger partial charge in [0.15, 0.2) is 0 Å². The van der Waals surface area contributed by atoms with Crippen LogP contribution < -0.4 is 5.73 Å². The topological polar surface area (TPSA) is 43.8 Å². The zero-order chi connectivity index (χ0) is 14.0. The van der Waals surface area contributed by atoms with Crippen LogP contribution in [0.3, 0.4) is 0 Å². The van der Waals surface area contributed by atoms with E-state index in [1.807, 2.05) is 0 Å². The summed E-state index contributed by atoms with van der Waals surface area (Å²) in [5.74, 6) is 1.54.